The Hall–Kier alpha value is -1.40. The molecule has 1 unspecified atom stereocenters. The maximum atomic E-state index is 12.6. The molecule has 0 aliphatic carbocycles. The number of amides is 2. The fourth-order valence-corrected chi connectivity index (χ4v) is 2.50. The number of benzene rings is 1. The number of carbonyl (C=O) groups is 2. The number of nitrogens with zero attached hydrogens (tertiary/aromatic N) is 1. The molecule has 5 nitrogen and oxygen atoms in total. The molecule has 1 atom stereocenters. The molecular formula is C14H17BrN2O3. The van der Waals surface area contributed by atoms with E-state index in [0.717, 1.165) is 10.0 Å². The van der Waals surface area contributed by atoms with Crippen LogP contribution in [0.5, 0.6) is 0 Å². The van der Waals surface area contributed by atoms with Crippen LogP contribution in [0.3, 0.4) is 0 Å². The third-order valence-corrected chi connectivity index (χ3v) is 4.21. The summed E-state index contributed by atoms with van der Waals surface area (Å²) in [5.41, 5.74) is 1.63. The standard InChI is InChI=1S/C14H17BrN2O3/c1-9-3-4-10(7-11(9)15)14(19)17-5-6-20-8-12(17)13(18)16-2/h3-4,7,12H,5-6,8H2,1-2H3,(H,16,18). The summed E-state index contributed by atoms with van der Waals surface area (Å²) >= 11 is 3.42. The van der Waals surface area contributed by atoms with Crippen molar-refractivity contribution in [3.05, 3.63) is 33.8 Å². The minimum Gasteiger partial charge on any atom is -0.377 e. The van der Waals surface area contributed by atoms with Crippen molar-refractivity contribution < 1.29 is 14.3 Å². The zero-order valence-electron chi connectivity index (χ0n) is 11.5. The molecule has 1 N–H and O–H groups in total. The molecule has 1 aliphatic heterocycles. The second-order valence-corrected chi connectivity index (χ2v) is 5.52. The highest BCUT2D eigenvalue weighted by atomic mass is 79.9. The smallest absolute Gasteiger partial charge is 0.254 e. The average molecular weight is 341 g/mol. The molecule has 1 saturated heterocycles. The van der Waals surface area contributed by atoms with Crippen LogP contribution in [0.4, 0.5) is 0 Å². The molecule has 1 fully saturated rings. The summed E-state index contributed by atoms with van der Waals surface area (Å²) in [6, 6.07) is 4.88. The van der Waals surface area contributed by atoms with Gasteiger partial charge in [-0.25, -0.2) is 0 Å². The van der Waals surface area contributed by atoms with Gasteiger partial charge in [0.25, 0.3) is 5.91 Å². The zero-order valence-corrected chi connectivity index (χ0v) is 13.1. The molecule has 1 aliphatic rings. The number of likely N-dealkylation sites (N-methyl/N-ethyl adjacent to an activating group) is 1. The van der Waals surface area contributed by atoms with Crippen LogP contribution in [-0.2, 0) is 9.53 Å². The Morgan fingerprint density at radius 1 is 1.45 bits per heavy atom. The van der Waals surface area contributed by atoms with Crippen LogP contribution >= 0.6 is 15.9 Å². The summed E-state index contributed by atoms with van der Waals surface area (Å²) < 4.78 is 6.18. The predicted octanol–water partition coefficient (Wildman–Crippen LogP) is 1.34. The number of nitrogens with one attached hydrogen (secondary N) is 1. The number of ether oxygens (including phenoxy) is 1. The largest absolute Gasteiger partial charge is 0.377 e. The molecule has 1 aromatic carbocycles. The molecular weight excluding hydrogens is 324 g/mol. The van der Waals surface area contributed by atoms with Crippen LogP contribution in [0, 0.1) is 6.92 Å². The number of hydrogen-bond donors (Lipinski definition) is 1. The molecule has 6 heteroatoms. The highest BCUT2D eigenvalue weighted by molar-refractivity contribution is 9.10. The maximum Gasteiger partial charge on any atom is 0.254 e. The molecule has 1 heterocycles. The number of hydrogen-bond acceptors (Lipinski definition) is 3. The van der Waals surface area contributed by atoms with Crippen molar-refractivity contribution >= 4 is 27.7 Å². The quantitative estimate of drug-likeness (QED) is 0.883. The van der Waals surface area contributed by atoms with E-state index in [9.17, 15) is 9.59 Å². The molecule has 0 saturated carbocycles. The lowest BCUT2D eigenvalue weighted by atomic mass is 10.1. The highest BCUT2D eigenvalue weighted by Crippen LogP contribution is 2.20. The lowest BCUT2D eigenvalue weighted by molar-refractivity contribution is -0.130. The zero-order chi connectivity index (χ0) is 14.7. The van der Waals surface area contributed by atoms with Crippen molar-refractivity contribution in [1.29, 1.82) is 0 Å². The van der Waals surface area contributed by atoms with Gasteiger partial charge in [-0.1, -0.05) is 22.0 Å². The van der Waals surface area contributed by atoms with Gasteiger partial charge in [-0.05, 0) is 24.6 Å². The van der Waals surface area contributed by atoms with Gasteiger partial charge in [0.05, 0.1) is 13.2 Å². The van der Waals surface area contributed by atoms with Crippen molar-refractivity contribution in [3.63, 3.8) is 0 Å². The predicted molar refractivity (Wildman–Crippen MR) is 78.6 cm³/mol. The Labute approximate surface area is 126 Å². The third-order valence-electron chi connectivity index (χ3n) is 3.36. The number of aryl methyl sites for hydroxylation is 1. The van der Waals surface area contributed by atoms with Gasteiger partial charge in [0, 0.05) is 23.6 Å². The molecule has 108 valence electrons. The minimum absolute atomic E-state index is 0.150. The molecule has 1 aromatic rings. The third kappa shape index (κ3) is 3.02. The Morgan fingerprint density at radius 3 is 2.85 bits per heavy atom. The molecule has 2 rings (SSSR count). The van der Waals surface area contributed by atoms with E-state index in [1.807, 2.05) is 13.0 Å². The first-order valence-corrected chi connectivity index (χ1v) is 7.20. The second-order valence-electron chi connectivity index (χ2n) is 4.67. The summed E-state index contributed by atoms with van der Waals surface area (Å²) in [6.07, 6.45) is 0. The van der Waals surface area contributed by atoms with Crippen LogP contribution in [0.15, 0.2) is 22.7 Å². The molecule has 0 aromatic heterocycles. The summed E-state index contributed by atoms with van der Waals surface area (Å²) in [4.78, 5) is 26.0. The molecule has 20 heavy (non-hydrogen) atoms. The van der Waals surface area contributed by atoms with Crippen molar-refractivity contribution in [2.75, 3.05) is 26.8 Å². The monoisotopic (exact) mass is 340 g/mol. The Morgan fingerprint density at radius 2 is 2.20 bits per heavy atom. The van der Waals surface area contributed by atoms with Gasteiger partial charge < -0.3 is 15.0 Å². The fourth-order valence-electron chi connectivity index (χ4n) is 2.12. The minimum atomic E-state index is -0.568. The topological polar surface area (TPSA) is 58.6 Å². The average Bonchev–Trinajstić information content (AvgIpc) is 2.48. The van der Waals surface area contributed by atoms with E-state index in [-0.39, 0.29) is 18.4 Å². The van der Waals surface area contributed by atoms with E-state index in [1.165, 1.54) is 0 Å². The molecule has 0 spiro atoms. The summed E-state index contributed by atoms with van der Waals surface area (Å²) in [6.45, 7) is 3.06. The summed E-state index contributed by atoms with van der Waals surface area (Å²) in [5, 5.41) is 2.57. The normalized spacial score (nSPS) is 18.8. The van der Waals surface area contributed by atoms with E-state index in [0.29, 0.717) is 18.7 Å². The SMILES string of the molecule is CNC(=O)C1COCCN1C(=O)c1ccc(C)c(Br)c1. The fraction of sp³-hybridized carbons (Fsp3) is 0.429. The molecule has 2 amide bonds. The Kier molecular flexibility index (Phi) is 4.77. The van der Waals surface area contributed by atoms with Gasteiger partial charge in [0.15, 0.2) is 0 Å². The van der Waals surface area contributed by atoms with E-state index in [4.69, 9.17) is 4.74 Å². The first-order chi connectivity index (χ1) is 9.54. The van der Waals surface area contributed by atoms with Crippen LogP contribution < -0.4 is 5.32 Å². The van der Waals surface area contributed by atoms with Gasteiger partial charge in [0.2, 0.25) is 5.91 Å². The highest BCUT2D eigenvalue weighted by Gasteiger charge is 2.32. The van der Waals surface area contributed by atoms with Crippen molar-refractivity contribution in [2.24, 2.45) is 0 Å². The summed E-state index contributed by atoms with van der Waals surface area (Å²) in [7, 11) is 1.56. The van der Waals surface area contributed by atoms with Gasteiger partial charge in [-0.2, -0.15) is 0 Å². The first kappa shape index (κ1) is 15.0. The van der Waals surface area contributed by atoms with Crippen molar-refractivity contribution in [3.8, 4) is 0 Å². The second kappa shape index (κ2) is 6.37. The lowest BCUT2D eigenvalue weighted by Crippen LogP contribution is -2.55. The molecule has 0 radical (unpaired) electrons. The van der Waals surface area contributed by atoms with Gasteiger partial charge >= 0.3 is 0 Å². The van der Waals surface area contributed by atoms with Gasteiger partial charge in [-0.15, -0.1) is 0 Å². The van der Waals surface area contributed by atoms with Crippen LogP contribution in [0.2, 0.25) is 0 Å². The number of morpholine rings is 1. The number of carbonyl (C=O) groups excluding carboxylic acids is 2. The van der Waals surface area contributed by atoms with E-state index >= 15 is 0 Å². The first-order valence-electron chi connectivity index (χ1n) is 6.41. The summed E-state index contributed by atoms with van der Waals surface area (Å²) in [5.74, 6) is -0.355. The van der Waals surface area contributed by atoms with Crippen LogP contribution in [0.1, 0.15) is 15.9 Å². The van der Waals surface area contributed by atoms with Gasteiger partial charge in [0.1, 0.15) is 6.04 Å². The van der Waals surface area contributed by atoms with E-state index in [1.54, 1.807) is 24.1 Å². The molecule has 0 bridgehead atoms. The van der Waals surface area contributed by atoms with Crippen molar-refractivity contribution in [2.45, 2.75) is 13.0 Å². The number of halogens is 1. The Bertz CT molecular complexity index is 533. The van der Waals surface area contributed by atoms with Gasteiger partial charge in [-0.3, -0.25) is 9.59 Å². The lowest BCUT2D eigenvalue weighted by Gasteiger charge is -2.34. The Balaban J connectivity index is 2.25. The van der Waals surface area contributed by atoms with Crippen LogP contribution in [-0.4, -0.2) is 49.6 Å². The van der Waals surface area contributed by atoms with Crippen LogP contribution in [0.25, 0.3) is 0 Å². The van der Waals surface area contributed by atoms with E-state index < -0.39 is 6.04 Å². The van der Waals surface area contributed by atoms with E-state index in [2.05, 4.69) is 21.2 Å². The number of rotatable bonds is 2. The van der Waals surface area contributed by atoms with Crippen molar-refractivity contribution in [1.82, 2.24) is 10.2 Å². The maximum absolute atomic E-state index is 12.6.